The molecule has 4 N–H and O–H groups in total. The monoisotopic (exact) mass is 668 g/mol. The first-order valence-corrected chi connectivity index (χ1v) is 17.8. The minimum Gasteiger partial charge on any atom is -0.398 e. The van der Waals surface area contributed by atoms with Crippen LogP contribution in [0.15, 0.2) is 134 Å². The van der Waals surface area contributed by atoms with Crippen molar-refractivity contribution in [1.82, 2.24) is 0 Å². The van der Waals surface area contributed by atoms with Gasteiger partial charge in [0.1, 0.15) is 0 Å². The Hall–Kier alpha value is -6.48. The number of nitrogen functional groups attached to an aromatic ring is 2. The molecule has 0 spiro atoms. The Balaban J connectivity index is 1.30. The maximum absolute atomic E-state index is 6.21. The lowest BCUT2D eigenvalue weighted by Gasteiger charge is -2.23. The standard InChI is InChI=1S/C50H40N2/c1-31-25-37(26-32(2)49(31)51)15-13-35-17-21-45-41(29-35)19-23-43(39-9-5-6-10-39)47(45)48-44(40-11-7-8-12-40)24-20-42-30-36(18-22-46(42)48)14-16-38-27-33(3)50(52)34(4)28-38/h5-12,17-30,39-40H,51-52H2,1-4H3. The van der Waals surface area contributed by atoms with Crippen LogP contribution in [0.2, 0.25) is 0 Å². The van der Waals surface area contributed by atoms with E-state index >= 15 is 0 Å². The van der Waals surface area contributed by atoms with Crippen molar-refractivity contribution in [1.29, 1.82) is 0 Å². The van der Waals surface area contributed by atoms with E-state index in [1.54, 1.807) is 0 Å². The predicted octanol–water partition coefficient (Wildman–Crippen LogP) is 11.3. The molecule has 0 saturated carbocycles. The molecular weight excluding hydrogens is 629 g/mol. The maximum Gasteiger partial charge on any atom is 0.0374 e. The van der Waals surface area contributed by atoms with Gasteiger partial charge in [0, 0.05) is 45.5 Å². The Morgan fingerprint density at radius 2 is 0.750 bits per heavy atom. The van der Waals surface area contributed by atoms with E-state index < -0.39 is 0 Å². The van der Waals surface area contributed by atoms with Crippen molar-refractivity contribution in [2.45, 2.75) is 39.5 Å². The average molecular weight is 669 g/mol. The molecule has 2 aliphatic rings. The Labute approximate surface area is 306 Å². The fourth-order valence-electron chi connectivity index (χ4n) is 7.62. The molecule has 0 fully saturated rings. The first kappa shape index (κ1) is 32.7. The lowest BCUT2D eigenvalue weighted by atomic mass is 9.80. The maximum atomic E-state index is 6.21. The number of fused-ring (bicyclic) bond motifs is 2. The van der Waals surface area contributed by atoms with Crippen LogP contribution in [0, 0.1) is 51.4 Å². The SMILES string of the molecule is Cc1cc(C#Cc2ccc3c(-c4c(C5C=CC=C5)ccc5cc(C#Cc6cc(C)c(N)c(C)c6)ccc45)c(C4C=CC=C4)ccc3c2)cc(C)c1N. The number of hydrogen-bond donors (Lipinski definition) is 2. The molecule has 0 unspecified atom stereocenters. The first-order valence-electron chi connectivity index (χ1n) is 17.8. The molecule has 0 heterocycles. The van der Waals surface area contributed by atoms with Crippen molar-refractivity contribution in [2.75, 3.05) is 11.5 Å². The number of anilines is 2. The van der Waals surface area contributed by atoms with Crippen LogP contribution < -0.4 is 11.5 Å². The van der Waals surface area contributed by atoms with E-state index in [1.807, 2.05) is 27.7 Å². The summed E-state index contributed by atoms with van der Waals surface area (Å²) in [7, 11) is 0. The molecule has 6 aromatic rings. The highest BCUT2D eigenvalue weighted by Gasteiger charge is 2.23. The molecule has 52 heavy (non-hydrogen) atoms. The summed E-state index contributed by atoms with van der Waals surface area (Å²) >= 11 is 0. The van der Waals surface area contributed by atoms with Gasteiger partial charge in [-0.3, -0.25) is 0 Å². The molecule has 6 aromatic carbocycles. The minimum atomic E-state index is 0.186. The Bertz CT molecular complexity index is 2450. The molecule has 2 heteroatoms. The minimum absolute atomic E-state index is 0.186. The van der Waals surface area contributed by atoms with Crippen LogP contribution in [0.25, 0.3) is 32.7 Å². The number of allylic oxidation sites excluding steroid dienone is 8. The molecule has 0 bridgehead atoms. The smallest absolute Gasteiger partial charge is 0.0374 e. The molecule has 0 radical (unpaired) electrons. The molecular formula is C50H40N2. The third-order valence-corrected chi connectivity index (χ3v) is 10.5. The van der Waals surface area contributed by atoms with Crippen molar-refractivity contribution in [3.63, 3.8) is 0 Å². The van der Waals surface area contributed by atoms with E-state index in [9.17, 15) is 0 Å². The molecule has 0 amide bonds. The molecule has 2 nitrogen and oxygen atoms in total. The summed E-state index contributed by atoms with van der Waals surface area (Å²) < 4.78 is 0. The summed E-state index contributed by atoms with van der Waals surface area (Å²) in [5.74, 6) is 14.0. The van der Waals surface area contributed by atoms with E-state index in [0.29, 0.717) is 0 Å². The van der Waals surface area contributed by atoms with Crippen LogP contribution in [-0.2, 0) is 0 Å². The molecule has 0 aromatic heterocycles. The Morgan fingerprint density at radius 3 is 1.12 bits per heavy atom. The van der Waals surface area contributed by atoms with Gasteiger partial charge in [-0.15, -0.1) is 0 Å². The number of rotatable bonds is 3. The zero-order chi connectivity index (χ0) is 35.9. The van der Waals surface area contributed by atoms with Gasteiger partial charge in [-0.05, 0) is 142 Å². The van der Waals surface area contributed by atoms with Gasteiger partial charge in [-0.25, -0.2) is 0 Å². The van der Waals surface area contributed by atoms with E-state index in [-0.39, 0.29) is 11.8 Å². The van der Waals surface area contributed by atoms with E-state index in [0.717, 1.165) is 55.9 Å². The van der Waals surface area contributed by atoms with Crippen molar-refractivity contribution in [3.05, 3.63) is 189 Å². The van der Waals surface area contributed by atoms with Crippen molar-refractivity contribution in [2.24, 2.45) is 0 Å². The zero-order valence-electron chi connectivity index (χ0n) is 30.0. The Morgan fingerprint density at radius 1 is 0.404 bits per heavy atom. The third-order valence-electron chi connectivity index (χ3n) is 10.5. The Kier molecular flexibility index (Phi) is 8.39. The average Bonchev–Trinajstić information content (AvgIpc) is 3.89. The number of aryl methyl sites for hydroxylation is 4. The zero-order valence-corrected chi connectivity index (χ0v) is 30.0. The van der Waals surface area contributed by atoms with Crippen LogP contribution >= 0.6 is 0 Å². The van der Waals surface area contributed by atoms with Gasteiger partial charge in [-0.1, -0.05) is 109 Å². The first-order chi connectivity index (χ1) is 25.2. The fraction of sp³-hybridized carbons (Fsp3) is 0.120. The van der Waals surface area contributed by atoms with E-state index in [4.69, 9.17) is 11.5 Å². The van der Waals surface area contributed by atoms with Gasteiger partial charge in [0.05, 0.1) is 0 Å². The molecule has 250 valence electrons. The van der Waals surface area contributed by atoms with Crippen LogP contribution in [0.1, 0.15) is 67.5 Å². The molecule has 0 atom stereocenters. The highest BCUT2D eigenvalue weighted by atomic mass is 14.6. The van der Waals surface area contributed by atoms with Gasteiger partial charge < -0.3 is 11.5 Å². The second-order valence-electron chi connectivity index (χ2n) is 14.1. The predicted molar refractivity (Wildman–Crippen MR) is 222 cm³/mol. The van der Waals surface area contributed by atoms with E-state index in [2.05, 4.69) is 157 Å². The highest BCUT2D eigenvalue weighted by Crippen LogP contribution is 2.45. The van der Waals surface area contributed by atoms with Gasteiger partial charge in [-0.2, -0.15) is 0 Å². The van der Waals surface area contributed by atoms with Gasteiger partial charge >= 0.3 is 0 Å². The lowest BCUT2D eigenvalue weighted by molar-refractivity contribution is 1.09. The summed E-state index contributed by atoms with van der Waals surface area (Å²) in [5, 5.41) is 4.76. The summed E-state index contributed by atoms with van der Waals surface area (Å²) in [6.45, 7) is 8.14. The van der Waals surface area contributed by atoms with Gasteiger partial charge in [0.2, 0.25) is 0 Å². The number of hydrogen-bond acceptors (Lipinski definition) is 2. The van der Waals surface area contributed by atoms with Crippen LogP contribution in [0.5, 0.6) is 0 Å². The second-order valence-corrected chi connectivity index (χ2v) is 14.1. The highest BCUT2D eigenvalue weighted by molar-refractivity contribution is 6.09. The van der Waals surface area contributed by atoms with Crippen molar-refractivity contribution in [3.8, 4) is 34.8 Å². The third kappa shape index (κ3) is 6.11. The van der Waals surface area contributed by atoms with Gasteiger partial charge in [0.25, 0.3) is 0 Å². The normalized spacial score (nSPS) is 13.5. The molecule has 0 saturated heterocycles. The van der Waals surface area contributed by atoms with Crippen LogP contribution in [0.4, 0.5) is 11.4 Å². The number of benzene rings is 6. The van der Waals surface area contributed by atoms with Gasteiger partial charge in [0.15, 0.2) is 0 Å². The van der Waals surface area contributed by atoms with Crippen molar-refractivity contribution < 1.29 is 0 Å². The van der Waals surface area contributed by atoms with E-state index in [1.165, 1.54) is 43.8 Å². The lowest BCUT2D eigenvalue weighted by Crippen LogP contribution is -2.01. The van der Waals surface area contributed by atoms with Crippen LogP contribution in [-0.4, -0.2) is 0 Å². The summed E-state index contributed by atoms with van der Waals surface area (Å²) in [6, 6.07) is 30.7. The molecule has 0 aliphatic heterocycles. The van der Waals surface area contributed by atoms with Crippen molar-refractivity contribution >= 4 is 32.9 Å². The fourth-order valence-corrected chi connectivity index (χ4v) is 7.62. The quantitative estimate of drug-likeness (QED) is 0.146. The summed E-state index contributed by atoms with van der Waals surface area (Å²) in [5.41, 5.74) is 27.3. The summed E-state index contributed by atoms with van der Waals surface area (Å²) in [4.78, 5) is 0. The second kappa shape index (κ2) is 13.3. The largest absolute Gasteiger partial charge is 0.398 e. The van der Waals surface area contributed by atoms with Crippen LogP contribution in [0.3, 0.4) is 0 Å². The number of nitrogens with two attached hydrogens (primary N) is 2. The topological polar surface area (TPSA) is 52.0 Å². The molecule has 2 aliphatic carbocycles. The molecule has 8 rings (SSSR count). The summed E-state index contributed by atoms with van der Waals surface area (Å²) in [6.07, 6.45) is 17.8.